The van der Waals surface area contributed by atoms with Gasteiger partial charge in [0.15, 0.2) is 0 Å². The quantitative estimate of drug-likeness (QED) is 0.643. The van der Waals surface area contributed by atoms with Crippen molar-refractivity contribution >= 4 is 5.91 Å². The van der Waals surface area contributed by atoms with Crippen LogP contribution in [0.15, 0.2) is 47.8 Å². The van der Waals surface area contributed by atoms with Gasteiger partial charge in [0.25, 0.3) is 0 Å². The van der Waals surface area contributed by atoms with Crippen molar-refractivity contribution in [2.75, 3.05) is 20.2 Å². The fraction of sp³-hybridized carbons (Fsp3) is 0.550. The molecule has 0 spiro atoms. The summed E-state index contributed by atoms with van der Waals surface area (Å²) in [6.07, 6.45) is 8.31. The Morgan fingerprint density at radius 2 is 2.35 bits per heavy atom. The van der Waals surface area contributed by atoms with Gasteiger partial charge in [-0.3, -0.25) is 9.69 Å². The molecule has 4 heterocycles. The Morgan fingerprint density at radius 1 is 1.54 bits per heavy atom. The van der Waals surface area contributed by atoms with Crippen LogP contribution in [0, 0.1) is 5.92 Å². The number of hydrogen-bond acceptors (Lipinski definition) is 5. The third-order valence-electron chi connectivity index (χ3n) is 6.36. The van der Waals surface area contributed by atoms with Crippen molar-refractivity contribution in [3.05, 3.63) is 47.8 Å². The van der Waals surface area contributed by atoms with E-state index in [1.54, 1.807) is 13.2 Å². The van der Waals surface area contributed by atoms with E-state index in [1.165, 1.54) is 0 Å². The Bertz CT molecular complexity index is 725. The molecule has 5 rings (SSSR count). The number of nitrogens with zero attached hydrogens (tertiary/aromatic N) is 1. The summed E-state index contributed by atoms with van der Waals surface area (Å²) in [4.78, 5) is 14.3. The Morgan fingerprint density at radius 3 is 3.00 bits per heavy atom. The highest BCUT2D eigenvalue weighted by atomic mass is 16.5. The lowest BCUT2D eigenvalue weighted by molar-refractivity contribution is -0.126. The number of aliphatic hydroxyl groups excluding tert-OH is 1. The van der Waals surface area contributed by atoms with Gasteiger partial charge >= 0.3 is 0 Å². The second-order valence-corrected chi connectivity index (χ2v) is 7.71. The van der Waals surface area contributed by atoms with E-state index in [9.17, 15) is 15.0 Å². The highest BCUT2D eigenvalue weighted by Gasteiger charge is 2.50. The Kier molecular flexibility index (Phi) is 4.29. The molecule has 6 nitrogen and oxygen atoms in total. The molecule has 140 valence electrons. The third kappa shape index (κ3) is 2.73. The molecule has 1 amide bonds. The smallest absolute Gasteiger partial charge is 0.224 e. The maximum absolute atomic E-state index is 12.2. The summed E-state index contributed by atoms with van der Waals surface area (Å²) in [5.41, 5.74) is 0.797. The summed E-state index contributed by atoms with van der Waals surface area (Å²) < 4.78 is 5.32. The van der Waals surface area contributed by atoms with Crippen molar-refractivity contribution in [3.8, 4) is 0 Å². The number of nitrogens with one attached hydrogen (secondary N) is 1. The molecule has 0 radical (unpaired) electrons. The maximum atomic E-state index is 12.2. The summed E-state index contributed by atoms with van der Waals surface area (Å²) in [5.74, 6) is 0.730. The van der Waals surface area contributed by atoms with E-state index in [2.05, 4.69) is 16.8 Å². The molecule has 4 aliphatic heterocycles. The largest absolute Gasteiger partial charge is 0.497 e. The van der Waals surface area contributed by atoms with Crippen molar-refractivity contribution in [2.24, 2.45) is 5.92 Å². The summed E-state index contributed by atoms with van der Waals surface area (Å²) in [5, 5.41) is 24.9. The van der Waals surface area contributed by atoms with Gasteiger partial charge in [0.1, 0.15) is 5.76 Å². The van der Waals surface area contributed by atoms with Gasteiger partial charge in [-0.15, -0.1) is 6.58 Å². The first-order valence-corrected chi connectivity index (χ1v) is 9.19. The number of rotatable bonds is 4. The SMILES string of the molecule is C=C[C@@]1(O)CN2CC[C@H]1C[C@H]2[C@H](O)C1=C2C=C(OC)C=C[C@@H]2NC(=O)C1. The van der Waals surface area contributed by atoms with Gasteiger partial charge in [-0.1, -0.05) is 12.2 Å². The number of carbonyl (C=O) groups is 1. The Balaban J connectivity index is 1.65. The van der Waals surface area contributed by atoms with Gasteiger partial charge in [-0.05, 0) is 48.6 Å². The van der Waals surface area contributed by atoms with E-state index in [0.717, 1.165) is 24.1 Å². The molecule has 2 bridgehead atoms. The molecule has 3 N–H and O–H groups in total. The standard InChI is InChI=1S/C20H26N2O4/c1-3-20(25)11-22-7-6-12(20)8-17(22)19(24)15-10-18(23)21-16-5-4-13(26-2)9-14(15)16/h3-5,9,12,16-17,19,24-25H,1,6-8,10-11H2,2H3,(H,21,23)/t12-,16-,17-,19+,20+/m0/s1. The van der Waals surface area contributed by atoms with Crippen LogP contribution in [0.1, 0.15) is 19.3 Å². The van der Waals surface area contributed by atoms with Crippen LogP contribution in [-0.2, 0) is 9.53 Å². The summed E-state index contributed by atoms with van der Waals surface area (Å²) in [6.45, 7) is 5.12. The number of methoxy groups -OCH3 is 1. The lowest BCUT2D eigenvalue weighted by atomic mass is 9.70. The molecule has 0 aromatic rings. The van der Waals surface area contributed by atoms with E-state index in [1.807, 2.05) is 18.2 Å². The third-order valence-corrected chi connectivity index (χ3v) is 6.36. The molecule has 6 atom stereocenters. The molecular weight excluding hydrogens is 332 g/mol. The van der Waals surface area contributed by atoms with Crippen molar-refractivity contribution in [2.45, 2.75) is 43.1 Å². The van der Waals surface area contributed by atoms with E-state index in [0.29, 0.717) is 18.7 Å². The predicted octanol–water partition coefficient (Wildman–Crippen LogP) is 0.644. The number of allylic oxidation sites excluding steroid dienone is 1. The average Bonchev–Trinajstić information content (AvgIpc) is 2.66. The first-order chi connectivity index (χ1) is 12.4. The van der Waals surface area contributed by atoms with Crippen LogP contribution in [-0.4, -0.2) is 65.0 Å². The van der Waals surface area contributed by atoms with Gasteiger partial charge in [0.05, 0.1) is 31.3 Å². The summed E-state index contributed by atoms with van der Waals surface area (Å²) in [7, 11) is 1.61. The zero-order valence-electron chi connectivity index (χ0n) is 15.0. The van der Waals surface area contributed by atoms with Gasteiger partial charge in [0.2, 0.25) is 5.91 Å². The maximum Gasteiger partial charge on any atom is 0.224 e. The fourth-order valence-corrected chi connectivity index (χ4v) is 4.85. The molecule has 0 saturated carbocycles. The zero-order chi connectivity index (χ0) is 18.5. The number of amides is 1. The van der Waals surface area contributed by atoms with Gasteiger partial charge in [0, 0.05) is 12.6 Å². The number of ether oxygens (including phenoxy) is 1. The number of hydrogen-bond donors (Lipinski definition) is 3. The Hall–Kier alpha value is -1.89. The summed E-state index contributed by atoms with van der Waals surface area (Å²) in [6, 6.07) is -0.311. The molecule has 26 heavy (non-hydrogen) atoms. The van der Waals surface area contributed by atoms with E-state index in [4.69, 9.17) is 4.74 Å². The van der Waals surface area contributed by atoms with Gasteiger partial charge in [-0.25, -0.2) is 0 Å². The monoisotopic (exact) mass is 358 g/mol. The second-order valence-electron chi connectivity index (χ2n) is 7.71. The van der Waals surface area contributed by atoms with E-state index >= 15 is 0 Å². The number of aliphatic hydroxyl groups is 2. The highest BCUT2D eigenvalue weighted by Crippen LogP contribution is 2.42. The molecule has 6 heteroatoms. The normalized spacial score (nSPS) is 39.8. The van der Waals surface area contributed by atoms with Crippen LogP contribution in [0.5, 0.6) is 0 Å². The molecule has 0 aromatic carbocycles. The van der Waals surface area contributed by atoms with Crippen molar-refractivity contribution < 1.29 is 19.7 Å². The lowest BCUT2D eigenvalue weighted by Crippen LogP contribution is -2.65. The van der Waals surface area contributed by atoms with Crippen molar-refractivity contribution in [3.63, 3.8) is 0 Å². The van der Waals surface area contributed by atoms with E-state index in [-0.39, 0.29) is 30.3 Å². The number of carbonyl (C=O) groups excluding carboxylic acids is 1. The molecule has 0 aromatic heterocycles. The highest BCUT2D eigenvalue weighted by molar-refractivity contribution is 5.83. The fourth-order valence-electron chi connectivity index (χ4n) is 4.85. The van der Waals surface area contributed by atoms with Crippen LogP contribution >= 0.6 is 0 Å². The minimum Gasteiger partial charge on any atom is -0.497 e. The number of fused-ring (bicyclic) bond motifs is 4. The minimum atomic E-state index is -0.880. The van der Waals surface area contributed by atoms with Crippen LogP contribution in [0.2, 0.25) is 0 Å². The minimum absolute atomic E-state index is 0.0784. The zero-order valence-corrected chi connectivity index (χ0v) is 15.0. The van der Waals surface area contributed by atoms with E-state index < -0.39 is 11.7 Å². The molecule has 5 aliphatic rings. The summed E-state index contributed by atoms with van der Waals surface area (Å²) >= 11 is 0. The van der Waals surface area contributed by atoms with Gasteiger partial charge < -0.3 is 20.3 Å². The lowest BCUT2D eigenvalue weighted by Gasteiger charge is -2.54. The van der Waals surface area contributed by atoms with Crippen molar-refractivity contribution in [1.29, 1.82) is 0 Å². The average molecular weight is 358 g/mol. The molecule has 1 unspecified atom stereocenters. The predicted molar refractivity (Wildman–Crippen MR) is 97.0 cm³/mol. The van der Waals surface area contributed by atoms with Crippen LogP contribution in [0.25, 0.3) is 0 Å². The first kappa shape index (κ1) is 17.5. The molecular formula is C20H26N2O4. The van der Waals surface area contributed by atoms with Crippen LogP contribution in [0.3, 0.4) is 0 Å². The van der Waals surface area contributed by atoms with Crippen molar-refractivity contribution in [1.82, 2.24) is 10.2 Å². The molecule has 3 fully saturated rings. The van der Waals surface area contributed by atoms with Crippen LogP contribution in [0.4, 0.5) is 0 Å². The first-order valence-electron chi connectivity index (χ1n) is 9.19. The topological polar surface area (TPSA) is 82.0 Å². The Labute approximate surface area is 153 Å². The van der Waals surface area contributed by atoms with Gasteiger partial charge in [-0.2, -0.15) is 0 Å². The molecule has 1 aliphatic carbocycles. The number of piperidine rings is 3. The second kappa shape index (κ2) is 6.37. The molecule has 3 saturated heterocycles. The van der Waals surface area contributed by atoms with Crippen LogP contribution < -0.4 is 5.32 Å².